The number of carbonyl (C=O) groups excluding carboxylic acids is 7. The lowest BCUT2D eigenvalue weighted by Crippen LogP contribution is -2.64. The zero-order valence-corrected chi connectivity index (χ0v) is 43.3. The maximum atomic E-state index is 14.3. The van der Waals surface area contributed by atoms with Gasteiger partial charge in [0, 0.05) is 0 Å². The van der Waals surface area contributed by atoms with Crippen LogP contribution in [0.25, 0.3) is 0 Å². The SMILES string of the molecule is O=C(OC[C@H]1O[C@H](OC[C@H]2O[C@@H](Br)[C@@H](OC(=O)c3ccccc3)[C@@H](OC(=O)c3ccccc3)[C@@H]2OC(=O)c2ccccc2)[C@@H](OC(=O)c2ccccc2)[C@@H](OC(=O)c2ccccc2)[C@@H]1OC(=O)c1ccccc1)c1ccccc1. The monoisotopic (exact) mass is 1130 g/mol. The van der Waals surface area contributed by atoms with E-state index < -0.39 is 115 Å². The minimum atomic E-state index is -1.84. The molecule has 2 aliphatic heterocycles. The molecule has 2 heterocycles. The highest BCUT2D eigenvalue weighted by Gasteiger charge is 2.56. The predicted octanol–water partition coefficient (Wildman–Crippen LogP) is 9.06. The minimum absolute atomic E-state index is 0.0518. The van der Waals surface area contributed by atoms with Crippen molar-refractivity contribution in [1.29, 1.82) is 0 Å². The second-order valence-corrected chi connectivity index (χ2v) is 18.7. The molecular formula is C61H49BrO17. The summed E-state index contributed by atoms with van der Waals surface area (Å²) in [5, 5.41) is -1.31. The van der Waals surface area contributed by atoms with Crippen LogP contribution >= 0.6 is 15.9 Å². The summed E-state index contributed by atoms with van der Waals surface area (Å²) in [5.41, 5.74) is 0.683. The molecule has 0 aliphatic carbocycles. The third kappa shape index (κ3) is 14.0. The number of ether oxygens (including phenoxy) is 10. The smallest absolute Gasteiger partial charge is 0.338 e. The quantitative estimate of drug-likeness (QED) is 0.0445. The Balaban J connectivity index is 1.12. The first-order chi connectivity index (χ1) is 38.5. The average molecular weight is 1130 g/mol. The van der Waals surface area contributed by atoms with Gasteiger partial charge in [-0.25, -0.2) is 33.6 Å². The number of esters is 7. The van der Waals surface area contributed by atoms with Crippen molar-refractivity contribution in [2.24, 2.45) is 0 Å². The van der Waals surface area contributed by atoms with Gasteiger partial charge in [0.25, 0.3) is 0 Å². The van der Waals surface area contributed by atoms with Crippen LogP contribution < -0.4 is 0 Å². The number of halogens is 1. The van der Waals surface area contributed by atoms with E-state index in [1.165, 1.54) is 84.9 Å². The standard InChI is InChI=1S/C61H49BrO17/c62-53-51(78-59(68)43-32-18-6-19-33-43)49(76-57(66)41-28-14-4-15-29-41)47(74-55(64)39-24-10-2-11-25-39)45(72-53)37-71-61-52(79-60(69)44-34-20-7-21-35-44)50(77-58(67)42-30-16-5-17-31-42)48(75-56(65)40-26-12-3-13-27-40)46(73-61)36-70-54(63)38-22-8-1-9-23-38/h1-35,45-53,61H,36-37H2/t45-,46-,47-,48-,49+,50+,51+,52+,53-,61+/m1/s1. The zero-order valence-electron chi connectivity index (χ0n) is 41.7. The molecule has 0 saturated carbocycles. The van der Waals surface area contributed by atoms with Crippen molar-refractivity contribution >= 4 is 57.7 Å². The molecule has 0 unspecified atom stereocenters. The number of alkyl halides is 1. The molecule has 7 aromatic carbocycles. The first-order valence-corrected chi connectivity index (χ1v) is 25.8. The van der Waals surface area contributed by atoms with Gasteiger partial charge in [-0.2, -0.15) is 0 Å². The van der Waals surface area contributed by atoms with E-state index >= 15 is 0 Å². The molecule has 7 aromatic rings. The lowest BCUT2D eigenvalue weighted by molar-refractivity contribution is -0.308. The fourth-order valence-corrected chi connectivity index (χ4v) is 9.24. The molecule has 402 valence electrons. The van der Waals surface area contributed by atoms with Crippen LogP contribution in [0.4, 0.5) is 0 Å². The molecule has 0 amide bonds. The van der Waals surface area contributed by atoms with Crippen LogP contribution in [0.15, 0.2) is 212 Å². The third-order valence-electron chi connectivity index (χ3n) is 12.5. The number of benzene rings is 7. The van der Waals surface area contributed by atoms with Crippen LogP contribution in [0.2, 0.25) is 0 Å². The van der Waals surface area contributed by atoms with Crippen molar-refractivity contribution in [1.82, 2.24) is 0 Å². The highest BCUT2D eigenvalue weighted by Crippen LogP contribution is 2.36. The van der Waals surface area contributed by atoms with Gasteiger partial charge in [0.2, 0.25) is 0 Å². The van der Waals surface area contributed by atoms with E-state index in [0.29, 0.717) is 0 Å². The van der Waals surface area contributed by atoms with Gasteiger partial charge < -0.3 is 47.4 Å². The number of hydrogen-bond donors (Lipinski definition) is 0. The van der Waals surface area contributed by atoms with Gasteiger partial charge in [-0.1, -0.05) is 143 Å². The van der Waals surface area contributed by atoms with Gasteiger partial charge in [-0.15, -0.1) is 0 Å². The van der Waals surface area contributed by atoms with E-state index in [1.807, 2.05) is 0 Å². The number of hydrogen-bond acceptors (Lipinski definition) is 17. The van der Waals surface area contributed by atoms with E-state index in [-0.39, 0.29) is 38.9 Å². The average Bonchev–Trinajstić information content (AvgIpc) is 3.59. The van der Waals surface area contributed by atoms with Gasteiger partial charge in [0.1, 0.15) is 18.8 Å². The van der Waals surface area contributed by atoms with Gasteiger partial charge in [-0.3, -0.25) is 0 Å². The van der Waals surface area contributed by atoms with Crippen molar-refractivity contribution in [3.8, 4) is 0 Å². The molecule has 10 atom stereocenters. The summed E-state index contributed by atoms with van der Waals surface area (Å²) < 4.78 is 62.4. The normalized spacial score (nSPS) is 22.4. The molecular weight excluding hydrogens is 1080 g/mol. The van der Waals surface area contributed by atoms with Crippen molar-refractivity contribution in [2.75, 3.05) is 13.2 Å². The van der Waals surface area contributed by atoms with Crippen molar-refractivity contribution < 1.29 is 80.9 Å². The van der Waals surface area contributed by atoms with Crippen LogP contribution in [0.5, 0.6) is 0 Å². The molecule has 17 nitrogen and oxygen atoms in total. The number of rotatable bonds is 18. The lowest BCUT2D eigenvalue weighted by atomic mass is 9.97. The largest absolute Gasteiger partial charge is 0.459 e. The Kier molecular flexibility index (Phi) is 18.4. The highest BCUT2D eigenvalue weighted by molar-refractivity contribution is 9.09. The minimum Gasteiger partial charge on any atom is -0.459 e. The Morgan fingerprint density at radius 1 is 0.304 bits per heavy atom. The Morgan fingerprint density at radius 2 is 0.557 bits per heavy atom. The summed E-state index contributed by atoms with van der Waals surface area (Å²) in [7, 11) is 0. The van der Waals surface area contributed by atoms with Crippen LogP contribution in [-0.2, 0) is 47.4 Å². The van der Waals surface area contributed by atoms with E-state index in [0.717, 1.165) is 0 Å². The lowest BCUT2D eigenvalue weighted by Gasteiger charge is -2.46. The summed E-state index contributed by atoms with van der Waals surface area (Å²) in [6.45, 7) is -1.34. The van der Waals surface area contributed by atoms with Crippen LogP contribution in [0.1, 0.15) is 72.5 Å². The maximum absolute atomic E-state index is 14.3. The molecule has 0 radical (unpaired) electrons. The second-order valence-electron chi connectivity index (χ2n) is 17.8. The van der Waals surface area contributed by atoms with E-state index in [1.54, 1.807) is 127 Å². The first-order valence-electron chi connectivity index (χ1n) is 24.9. The van der Waals surface area contributed by atoms with Gasteiger partial charge in [0.05, 0.1) is 45.6 Å². The maximum Gasteiger partial charge on any atom is 0.338 e. The molecule has 9 rings (SSSR count). The zero-order chi connectivity index (χ0) is 55.1. The summed E-state index contributed by atoms with van der Waals surface area (Å²) in [6, 6.07) is 55.3. The third-order valence-corrected chi connectivity index (χ3v) is 13.2. The molecule has 0 N–H and O–H groups in total. The van der Waals surface area contributed by atoms with Crippen molar-refractivity contribution in [3.05, 3.63) is 251 Å². The Bertz CT molecular complexity index is 3170. The van der Waals surface area contributed by atoms with Crippen molar-refractivity contribution in [2.45, 2.75) is 60.1 Å². The van der Waals surface area contributed by atoms with E-state index in [4.69, 9.17) is 47.4 Å². The molecule has 0 aromatic heterocycles. The van der Waals surface area contributed by atoms with Crippen LogP contribution in [0.3, 0.4) is 0 Å². The molecule has 0 spiro atoms. The fourth-order valence-electron chi connectivity index (χ4n) is 8.55. The molecule has 2 aliphatic rings. The summed E-state index contributed by atoms with van der Waals surface area (Å²) in [4.78, 5) is 98.3. The first kappa shape index (κ1) is 55.0. The second kappa shape index (κ2) is 26.5. The van der Waals surface area contributed by atoms with Gasteiger partial charge >= 0.3 is 41.8 Å². The Morgan fingerprint density at radius 3 is 0.886 bits per heavy atom. The molecule has 18 heteroatoms. The Labute approximate surface area is 461 Å². The highest BCUT2D eigenvalue weighted by atomic mass is 79.9. The van der Waals surface area contributed by atoms with Crippen LogP contribution in [-0.4, -0.2) is 115 Å². The topological polar surface area (TPSA) is 212 Å². The van der Waals surface area contributed by atoms with Crippen molar-refractivity contribution in [3.63, 3.8) is 0 Å². The summed E-state index contributed by atoms with van der Waals surface area (Å²) >= 11 is 3.49. The van der Waals surface area contributed by atoms with Gasteiger partial charge in [0.15, 0.2) is 47.9 Å². The molecule has 2 saturated heterocycles. The van der Waals surface area contributed by atoms with E-state index in [9.17, 15) is 33.6 Å². The summed E-state index contributed by atoms with van der Waals surface area (Å²) in [5.74, 6) is -6.24. The fraction of sp³-hybridized carbons (Fsp3) is 0.197. The predicted molar refractivity (Wildman–Crippen MR) is 283 cm³/mol. The Hall–Kier alpha value is -8.81. The van der Waals surface area contributed by atoms with Crippen LogP contribution in [0, 0.1) is 0 Å². The molecule has 79 heavy (non-hydrogen) atoms. The summed E-state index contributed by atoms with van der Waals surface area (Å²) in [6.07, 6.45) is -15.0. The molecule has 2 fully saturated rings. The molecule has 0 bridgehead atoms. The van der Waals surface area contributed by atoms with E-state index in [2.05, 4.69) is 15.9 Å². The number of carbonyl (C=O) groups is 7. The van der Waals surface area contributed by atoms with Gasteiger partial charge in [-0.05, 0) is 84.9 Å².